The highest BCUT2D eigenvalue weighted by atomic mass is 16.1. The predicted octanol–water partition coefficient (Wildman–Crippen LogP) is 1.09. The summed E-state index contributed by atoms with van der Waals surface area (Å²) < 4.78 is 0. The Balaban J connectivity index is 2.21. The minimum Gasteiger partial charge on any atom is -0.330 e. The van der Waals surface area contributed by atoms with Crippen LogP contribution in [0.4, 0.5) is 0 Å². The van der Waals surface area contributed by atoms with Crippen molar-refractivity contribution < 1.29 is 4.79 Å². The average molecular weight is 168 g/mol. The van der Waals surface area contributed by atoms with Crippen molar-refractivity contribution in [2.24, 2.45) is 22.6 Å². The van der Waals surface area contributed by atoms with Crippen LogP contribution in [-0.4, -0.2) is 19.2 Å². The van der Waals surface area contributed by atoms with E-state index in [1.807, 2.05) is 0 Å². The Hall–Kier alpha value is -0.660. The van der Waals surface area contributed by atoms with E-state index < -0.39 is 0 Å². The number of hydrogen-bond donors (Lipinski definition) is 1. The number of rotatable bonds is 3. The molecule has 68 valence electrons. The van der Waals surface area contributed by atoms with E-state index in [9.17, 15) is 4.79 Å². The van der Waals surface area contributed by atoms with Crippen molar-refractivity contribution in [2.45, 2.75) is 25.7 Å². The fourth-order valence-electron chi connectivity index (χ4n) is 1.82. The second-order valence-electron chi connectivity index (χ2n) is 3.55. The summed E-state index contributed by atoms with van der Waals surface area (Å²) in [6.45, 7) is 1.48. The lowest BCUT2D eigenvalue weighted by Gasteiger charge is -2.25. The number of aliphatic imine (C=N–C) groups is 1. The van der Waals surface area contributed by atoms with Gasteiger partial charge in [-0.25, -0.2) is 9.79 Å². The summed E-state index contributed by atoms with van der Waals surface area (Å²) in [6, 6.07) is 0. The highest BCUT2D eigenvalue weighted by molar-refractivity contribution is 5.32. The fraction of sp³-hybridized carbons (Fsp3) is 0.889. The molecule has 0 heterocycles. The molecular weight excluding hydrogens is 152 g/mol. The monoisotopic (exact) mass is 168 g/mol. The van der Waals surface area contributed by atoms with Crippen molar-refractivity contribution in [1.29, 1.82) is 0 Å². The summed E-state index contributed by atoms with van der Waals surface area (Å²) in [5.74, 6) is 1.32. The van der Waals surface area contributed by atoms with Crippen LogP contribution in [0, 0.1) is 11.8 Å². The lowest BCUT2D eigenvalue weighted by Crippen LogP contribution is -2.22. The van der Waals surface area contributed by atoms with Crippen LogP contribution in [0.3, 0.4) is 0 Å². The Morgan fingerprint density at radius 2 is 1.83 bits per heavy atom. The maximum Gasteiger partial charge on any atom is 0.234 e. The molecule has 0 spiro atoms. The Morgan fingerprint density at radius 1 is 1.25 bits per heavy atom. The maximum atomic E-state index is 9.86. The summed E-state index contributed by atoms with van der Waals surface area (Å²) in [7, 11) is 0. The highest BCUT2D eigenvalue weighted by Gasteiger charge is 2.19. The third kappa shape index (κ3) is 2.76. The lowest BCUT2D eigenvalue weighted by atomic mass is 9.82. The first-order chi connectivity index (χ1) is 5.86. The zero-order valence-corrected chi connectivity index (χ0v) is 7.33. The van der Waals surface area contributed by atoms with Crippen molar-refractivity contribution in [1.82, 2.24) is 0 Å². The number of hydrogen-bond acceptors (Lipinski definition) is 3. The molecule has 0 bridgehead atoms. The maximum absolute atomic E-state index is 9.86. The minimum absolute atomic E-state index is 0.606. The molecule has 3 heteroatoms. The van der Waals surface area contributed by atoms with Crippen LogP contribution >= 0.6 is 0 Å². The van der Waals surface area contributed by atoms with Crippen molar-refractivity contribution in [3.05, 3.63) is 0 Å². The van der Waals surface area contributed by atoms with E-state index in [2.05, 4.69) is 4.99 Å². The Morgan fingerprint density at radius 3 is 2.33 bits per heavy atom. The van der Waals surface area contributed by atoms with Crippen LogP contribution in [0.15, 0.2) is 4.99 Å². The molecule has 0 aliphatic heterocycles. The van der Waals surface area contributed by atoms with Crippen LogP contribution in [0.2, 0.25) is 0 Å². The van der Waals surface area contributed by atoms with Crippen LogP contribution < -0.4 is 5.73 Å². The summed E-state index contributed by atoms with van der Waals surface area (Å²) >= 11 is 0. The molecule has 0 aromatic carbocycles. The van der Waals surface area contributed by atoms with Crippen LogP contribution in [0.25, 0.3) is 0 Å². The molecule has 12 heavy (non-hydrogen) atoms. The van der Waals surface area contributed by atoms with Crippen molar-refractivity contribution >= 4 is 6.08 Å². The molecule has 2 N–H and O–H groups in total. The van der Waals surface area contributed by atoms with Gasteiger partial charge in [-0.1, -0.05) is 0 Å². The van der Waals surface area contributed by atoms with E-state index in [1.165, 1.54) is 25.7 Å². The molecule has 1 fully saturated rings. The van der Waals surface area contributed by atoms with Crippen LogP contribution in [0.1, 0.15) is 25.7 Å². The quantitative estimate of drug-likeness (QED) is 0.506. The van der Waals surface area contributed by atoms with Gasteiger partial charge in [-0.05, 0) is 44.1 Å². The Bertz CT molecular complexity index is 167. The fourth-order valence-corrected chi connectivity index (χ4v) is 1.82. The molecule has 3 nitrogen and oxygen atoms in total. The first-order valence-corrected chi connectivity index (χ1v) is 4.60. The van der Waals surface area contributed by atoms with Gasteiger partial charge < -0.3 is 5.73 Å². The number of nitrogens with two attached hydrogens (primary N) is 1. The largest absolute Gasteiger partial charge is 0.330 e. The van der Waals surface area contributed by atoms with Gasteiger partial charge in [0, 0.05) is 0 Å². The van der Waals surface area contributed by atoms with Gasteiger partial charge >= 0.3 is 0 Å². The predicted molar refractivity (Wildman–Crippen MR) is 47.5 cm³/mol. The van der Waals surface area contributed by atoms with E-state index in [1.54, 1.807) is 6.08 Å². The lowest BCUT2D eigenvalue weighted by molar-refractivity contribution is 0.285. The summed E-state index contributed by atoms with van der Waals surface area (Å²) in [5, 5.41) is 0. The Labute approximate surface area is 73.0 Å². The van der Waals surface area contributed by atoms with Gasteiger partial charge in [0.15, 0.2) is 0 Å². The molecule has 0 unspecified atom stereocenters. The number of nitrogens with zero attached hydrogens (tertiary/aromatic N) is 1. The molecule has 1 rings (SSSR count). The highest BCUT2D eigenvalue weighted by Crippen LogP contribution is 2.27. The summed E-state index contributed by atoms with van der Waals surface area (Å²) in [4.78, 5) is 13.5. The van der Waals surface area contributed by atoms with Crippen LogP contribution in [-0.2, 0) is 4.79 Å². The second-order valence-corrected chi connectivity index (χ2v) is 3.55. The SMILES string of the molecule is NCC1CCC(CN=C=O)CC1. The van der Waals surface area contributed by atoms with E-state index in [-0.39, 0.29) is 0 Å². The van der Waals surface area contributed by atoms with Crippen molar-refractivity contribution in [3.63, 3.8) is 0 Å². The molecule has 1 aliphatic rings. The Kier molecular flexibility index (Phi) is 3.98. The van der Waals surface area contributed by atoms with Gasteiger partial charge in [-0.3, -0.25) is 0 Å². The minimum atomic E-state index is 0.606. The number of isocyanates is 1. The van der Waals surface area contributed by atoms with Crippen molar-refractivity contribution in [3.8, 4) is 0 Å². The summed E-state index contributed by atoms with van der Waals surface area (Å²) in [5.41, 5.74) is 5.56. The molecule has 0 aromatic heterocycles. The third-order valence-corrected chi connectivity index (χ3v) is 2.71. The van der Waals surface area contributed by atoms with Gasteiger partial charge in [0.1, 0.15) is 0 Å². The standard InChI is InChI=1S/C9H16N2O/c10-5-8-1-3-9(4-2-8)6-11-7-12/h8-9H,1-6,10H2. The second kappa shape index (κ2) is 5.07. The molecule has 1 aliphatic carbocycles. The first-order valence-electron chi connectivity index (χ1n) is 4.60. The zero-order valence-electron chi connectivity index (χ0n) is 7.33. The van der Waals surface area contributed by atoms with Gasteiger partial charge in [0.2, 0.25) is 6.08 Å². The normalized spacial score (nSPS) is 29.4. The summed E-state index contributed by atoms with van der Waals surface area (Å²) in [6.07, 6.45) is 6.35. The first kappa shape index (κ1) is 9.43. The molecule has 0 atom stereocenters. The van der Waals surface area contributed by atoms with E-state index in [4.69, 9.17) is 5.73 Å². The smallest absolute Gasteiger partial charge is 0.234 e. The molecule has 0 radical (unpaired) electrons. The molecule has 0 amide bonds. The van der Waals surface area contributed by atoms with Gasteiger partial charge in [-0.15, -0.1) is 0 Å². The zero-order chi connectivity index (χ0) is 8.81. The van der Waals surface area contributed by atoms with Crippen molar-refractivity contribution in [2.75, 3.05) is 13.1 Å². The molecule has 1 saturated carbocycles. The third-order valence-electron chi connectivity index (χ3n) is 2.71. The van der Waals surface area contributed by atoms with Gasteiger partial charge in [0.25, 0.3) is 0 Å². The van der Waals surface area contributed by atoms with Gasteiger partial charge in [0.05, 0.1) is 6.54 Å². The molecule has 0 aromatic rings. The molecular formula is C9H16N2O. The van der Waals surface area contributed by atoms with E-state index in [0.717, 1.165) is 6.54 Å². The van der Waals surface area contributed by atoms with Crippen LogP contribution in [0.5, 0.6) is 0 Å². The topological polar surface area (TPSA) is 55.4 Å². The molecule has 0 saturated heterocycles. The van der Waals surface area contributed by atoms with Gasteiger partial charge in [-0.2, -0.15) is 0 Å². The van der Waals surface area contributed by atoms with E-state index in [0.29, 0.717) is 18.4 Å². The average Bonchev–Trinajstić information content (AvgIpc) is 2.15. The number of carbonyl (C=O) groups excluding carboxylic acids is 1. The van der Waals surface area contributed by atoms with E-state index >= 15 is 0 Å².